The van der Waals surface area contributed by atoms with Gasteiger partial charge in [-0.05, 0) is 38.0 Å². The number of rotatable bonds is 9. The Morgan fingerprint density at radius 3 is 2.56 bits per heavy atom. The van der Waals surface area contributed by atoms with E-state index in [2.05, 4.69) is 10.4 Å². The number of nitrogens with zero attached hydrogens (tertiary/aromatic N) is 3. The molecule has 4 rings (SSSR count). The van der Waals surface area contributed by atoms with E-state index in [1.807, 2.05) is 30.3 Å². The summed E-state index contributed by atoms with van der Waals surface area (Å²) in [4.78, 5) is 41.5. The minimum atomic E-state index is -1.25. The number of carbonyl (C=O) groups is 3. The molecule has 3 N–H and O–H groups in total. The molecule has 2 aliphatic heterocycles. The van der Waals surface area contributed by atoms with Crippen LogP contribution in [0.1, 0.15) is 32.3 Å². The summed E-state index contributed by atoms with van der Waals surface area (Å²) in [7, 11) is 1.61. The number of hydrogen-bond acceptors (Lipinski definition) is 6. The Bertz CT molecular complexity index is 1280. The van der Waals surface area contributed by atoms with Crippen LogP contribution in [0.4, 0.5) is 8.78 Å². The van der Waals surface area contributed by atoms with E-state index in [-0.39, 0.29) is 31.2 Å². The maximum Gasteiger partial charge on any atom is 0.256 e. The van der Waals surface area contributed by atoms with E-state index in [1.165, 1.54) is 24.9 Å². The van der Waals surface area contributed by atoms with Gasteiger partial charge in [-0.1, -0.05) is 30.3 Å². The van der Waals surface area contributed by atoms with Crippen LogP contribution >= 0.6 is 0 Å². The molecule has 2 heterocycles. The van der Waals surface area contributed by atoms with Crippen molar-refractivity contribution in [2.45, 2.75) is 44.7 Å². The molecule has 0 aromatic heterocycles. The van der Waals surface area contributed by atoms with Crippen molar-refractivity contribution in [3.63, 3.8) is 0 Å². The van der Waals surface area contributed by atoms with Crippen LogP contribution in [0.25, 0.3) is 0 Å². The summed E-state index contributed by atoms with van der Waals surface area (Å²) in [5, 5.41) is 8.51. The second kappa shape index (κ2) is 11.1. The van der Waals surface area contributed by atoms with Crippen LogP contribution < -0.4 is 15.8 Å². The molecule has 0 aliphatic carbocycles. The minimum absolute atomic E-state index is 0.0383. The summed E-state index contributed by atoms with van der Waals surface area (Å²) in [6.07, 6.45) is 0.825. The van der Waals surface area contributed by atoms with E-state index in [4.69, 9.17) is 10.5 Å². The molecule has 2 aromatic rings. The summed E-state index contributed by atoms with van der Waals surface area (Å²) in [6, 6.07) is 11.7. The molecule has 0 spiro atoms. The molecule has 1 saturated heterocycles. The van der Waals surface area contributed by atoms with Gasteiger partial charge in [0.2, 0.25) is 11.8 Å². The predicted molar refractivity (Wildman–Crippen MR) is 141 cm³/mol. The normalized spacial score (nSPS) is 19.8. The van der Waals surface area contributed by atoms with E-state index in [0.717, 1.165) is 23.4 Å². The maximum absolute atomic E-state index is 13.8. The van der Waals surface area contributed by atoms with Crippen molar-refractivity contribution in [3.05, 3.63) is 65.7 Å². The first-order valence-electron chi connectivity index (χ1n) is 12.8. The average molecular weight is 542 g/mol. The fourth-order valence-electron chi connectivity index (χ4n) is 4.90. The Balaban J connectivity index is 1.54. The summed E-state index contributed by atoms with van der Waals surface area (Å²) < 4.78 is 32.4. The SMILES string of the molecule is CN1N=C2CCN(C(=O)C(CCOc3ccc(F)c(F)c3)NC(=O)C(C)(C)N)C[C@@]2(Cc2ccccc2)C1=O. The van der Waals surface area contributed by atoms with Crippen LogP contribution in [0.5, 0.6) is 5.75 Å². The third kappa shape index (κ3) is 6.08. The predicted octanol–water partition coefficient (Wildman–Crippen LogP) is 2.25. The molecule has 39 heavy (non-hydrogen) atoms. The van der Waals surface area contributed by atoms with Crippen molar-refractivity contribution in [2.75, 3.05) is 26.7 Å². The molecule has 1 unspecified atom stereocenters. The van der Waals surface area contributed by atoms with Crippen LogP contribution in [0, 0.1) is 17.0 Å². The van der Waals surface area contributed by atoms with Crippen LogP contribution in [-0.2, 0) is 20.8 Å². The molecule has 2 atom stereocenters. The van der Waals surface area contributed by atoms with Gasteiger partial charge in [0.05, 0.1) is 17.9 Å². The third-order valence-electron chi connectivity index (χ3n) is 7.02. The highest BCUT2D eigenvalue weighted by molar-refractivity contribution is 6.13. The van der Waals surface area contributed by atoms with Gasteiger partial charge in [0, 0.05) is 39.0 Å². The number of halogens is 2. The zero-order valence-corrected chi connectivity index (χ0v) is 22.2. The number of nitrogens with one attached hydrogen (secondary N) is 1. The van der Waals surface area contributed by atoms with Gasteiger partial charge in [-0.3, -0.25) is 14.4 Å². The Labute approximate surface area is 226 Å². The maximum atomic E-state index is 13.8. The van der Waals surface area contributed by atoms with Gasteiger partial charge in [-0.2, -0.15) is 5.10 Å². The van der Waals surface area contributed by atoms with Crippen LogP contribution in [0.2, 0.25) is 0 Å². The number of amides is 3. The number of hydrazone groups is 1. The zero-order valence-electron chi connectivity index (χ0n) is 22.2. The molecule has 0 radical (unpaired) electrons. The van der Waals surface area contributed by atoms with Crippen molar-refractivity contribution < 1.29 is 27.9 Å². The topological polar surface area (TPSA) is 117 Å². The van der Waals surface area contributed by atoms with E-state index < -0.39 is 40.4 Å². The van der Waals surface area contributed by atoms with Crippen LogP contribution in [0.15, 0.2) is 53.6 Å². The van der Waals surface area contributed by atoms with E-state index in [0.29, 0.717) is 19.4 Å². The molecule has 2 aromatic carbocycles. The molecule has 1 fully saturated rings. The Hall–Kier alpha value is -3.86. The van der Waals surface area contributed by atoms with Crippen LogP contribution in [0.3, 0.4) is 0 Å². The Morgan fingerprint density at radius 1 is 1.18 bits per heavy atom. The number of hydrogen-bond donors (Lipinski definition) is 2. The van der Waals surface area contributed by atoms with Gasteiger partial charge < -0.3 is 20.7 Å². The lowest BCUT2D eigenvalue weighted by atomic mass is 9.73. The van der Waals surface area contributed by atoms with E-state index in [1.54, 1.807) is 11.9 Å². The molecular formula is C28H33F2N5O4. The standard InChI is InChI=1S/C28H33F2N5O4/c1-27(2,31)25(37)32-22(12-14-39-19-9-10-20(29)21(30)15-19)24(36)35-13-11-23-28(17-35,26(38)34(3)33-23)16-18-7-5-4-6-8-18/h4-10,15,22H,11-14,16-17,31H2,1-3H3,(H,32,37)/t22?,28-/m1/s1. The van der Waals surface area contributed by atoms with Gasteiger partial charge in [0.15, 0.2) is 11.6 Å². The highest BCUT2D eigenvalue weighted by Gasteiger charge is 2.53. The number of piperidine rings is 1. The second-order valence-electron chi connectivity index (χ2n) is 10.6. The second-order valence-corrected chi connectivity index (χ2v) is 10.6. The number of fused-ring (bicyclic) bond motifs is 1. The third-order valence-corrected chi connectivity index (χ3v) is 7.02. The summed E-state index contributed by atoms with van der Waals surface area (Å²) in [6.45, 7) is 3.40. The highest BCUT2D eigenvalue weighted by Crippen LogP contribution is 2.38. The lowest BCUT2D eigenvalue weighted by Gasteiger charge is -2.41. The van der Waals surface area contributed by atoms with Crippen molar-refractivity contribution in [3.8, 4) is 5.75 Å². The largest absolute Gasteiger partial charge is 0.493 e. The first-order valence-corrected chi connectivity index (χ1v) is 12.8. The lowest BCUT2D eigenvalue weighted by molar-refractivity contribution is -0.142. The van der Waals surface area contributed by atoms with Crippen molar-refractivity contribution in [2.24, 2.45) is 16.3 Å². The van der Waals surface area contributed by atoms with Gasteiger partial charge in [0.1, 0.15) is 17.2 Å². The number of nitrogens with two attached hydrogens (primary N) is 1. The Kier molecular flexibility index (Phi) is 8.01. The summed E-state index contributed by atoms with van der Waals surface area (Å²) in [5.41, 5.74) is 5.37. The molecule has 11 heteroatoms. The first kappa shape index (κ1) is 28.2. The van der Waals surface area contributed by atoms with Gasteiger partial charge in [-0.25, -0.2) is 13.8 Å². The van der Waals surface area contributed by atoms with Crippen molar-refractivity contribution >= 4 is 23.4 Å². The number of benzene rings is 2. The van der Waals surface area contributed by atoms with Gasteiger partial charge >= 0.3 is 0 Å². The van der Waals surface area contributed by atoms with E-state index >= 15 is 0 Å². The summed E-state index contributed by atoms with van der Waals surface area (Å²) in [5.74, 6) is -3.09. The molecule has 2 aliphatic rings. The quantitative estimate of drug-likeness (QED) is 0.505. The molecule has 0 bridgehead atoms. The molecule has 0 saturated carbocycles. The molecule has 208 valence electrons. The van der Waals surface area contributed by atoms with Crippen molar-refractivity contribution in [1.29, 1.82) is 0 Å². The lowest BCUT2D eigenvalue weighted by Crippen LogP contribution is -2.61. The summed E-state index contributed by atoms with van der Waals surface area (Å²) >= 11 is 0. The van der Waals surface area contributed by atoms with E-state index in [9.17, 15) is 23.2 Å². The highest BCUT2D eigenvalue weighted by atomic mass is 19.2. The fraction of sp³-hybridized carbons (Fsp3) is 0.429. The van der Waals surface area contributed by atoms with Crippen molar-refractivity contribution in [1.82, 2.24) is 15.2 Å². The Morgan fingerprint density at radius 2 is 1.90 bits per heavy atom. The zero-order chi connectivity index (χ0) is 28.4. The monoisotopic (exact) mass is 541 g/mol. The molecule has 9 nitrogen and oxygen atoms in total. The molecular weight excluding hydrogens is 508 g/mol. The first-order chi connectivity index (χ1) is 18.4. The van der Waals surface area contributed by atoms with Crippen LogP contribution in [-0.4, -0.2) is 71.7 Å². The fourth-order valence-corrected chi connectivity index (χ4v) is 4.90. The van der Waals surface area contributed by atoms with Gasteiger partial charge in [0.25, 0.3) is 5.91 Å². The number of likely N-dealkylation sites (tertiary alicyclic amines) is 1. The molecule has 3 amide bonds. The number of ether oxygens (including phenoxy) is 1. The average Bonchev–Trinajstić information content (AvgIpc) is 3.14. The number of carbonyl (C=O) groups excluding carboxylic acids is 3. The smallest absolute Gasteiger partial charge is 0.256 e. The van der Waals surface area contributed by atoms with Gasteiger partial charge in [-0.15, -0.1) is 0 Å². The minimum Gasteiger partial charge on any atom is -0.493 e.